The zero-order valence-corrected chi connectivity index (χ0v) is 12.0. The van der Waals surface area contributed by atoms with E-state index in [-0.39, 0.29) is 16.6 Å². The minimum Gasteiger partial charge on any atom is -0.502 e. The molecule has 0 heterocycles. The van der Waals surface area contributed by atoms with E-state index in [0.29, 0.717) is 0 Å². The van der Waals surface area contributed by atoms with Gasteiger partial charge < -0.3 is 5.11 Å². The van der Waals surface area contributed by atoms with Crippen molar-refractivity contribution in [3.8, 4) is 5.75 Å². The minimum absolute atomic E-state index is 0.136. The third kappa shape index (κ3) is 3.58. The summed E-state index contributed by atoms with van der Waals surface area (Å²) in [6, 6.07) is 12.0. The molecule has 2 rings (SSSR count). The largest absolute Gasteiger partial charge is 0.502 e. The highest BCUT2D eigenvalue weighted by Crippen LogP contribution is 2.32. The molecule has 1 atom stereocenters. The van der Waals surface area contributed by atoms with Crippen LogP contribution in [0.3, 0.4) is 0 Å². The number of phenols is 1. The van der Waals surface area contributed by atoms with E-state index in [1.54, 1.807) is 0 Å². The van der Waals surface area contributed by atoms with Gasteiger partial charge in [-0.2, -0.15) is 0 Å². The smallest absolute Gasteiger partial charge is 0.312 e. The van der Waals surface area contributed by atoms with Crippen LogP contribution in [0.4, 0.5) is 5.69 Å². The highest BCUT2D eigenvalue weighted by atomic mass is 35.5. The van der Waals surface area contributed by atoms with Gasteiger partial charge in [-0.05, 0) is 18.6 Å². The summed E-state index contributed by atoms with van der Waals surface area (Å²) in [5.41, 5.74) is 0.790. The Labute approximate surface area is 126 Å². The maximum Gasteiger partial charge on any atom is 0.312 e. The number of nitrogens with zero attached hydrogens (tertiary/aromatic N) is 2. The maximum absolute atomic E-state index is 10.8. The number of hydrogen-bond donors (Lipinski definition) is 1. The van der Waals surface area contributed by atoms with Gasteiger partial charge >= 0.3 is 5.69 Å². The SMILES string of the molecule is C[C@H](N=Cc1cc(Cl)cc([N+](=O)[O-])c1O)c1ccccc1. The van der Waals surface area contributed by atoms with Crippen LogP contribution in [0.2, 0.25) is 5.02 Å². The number of nitro benzene ring substituents is 1. The molecule has 0 aromatic heterocycles. The van der Waals surface area contributed by atoms with Gasteiger partial charge in [0, 0.05) is 22.9 Å². The monoisotopic (exact) mass is 304 g/mol. The van der Waals surface area contributed by atoms with Crippen LogP contribution in [0, 0.1) is 10.1 Å². The first-order chi connectivity index (χ1) is 9.99. The van der Waals surface area contributed by atoms with Gasteiger partial charge in [0.2, 0.25) is 5.75 Å². The number of benzene rings is 2. The molecule has 0 amide bonds. The van der Waals surface area contributed by atoms with Crippen LogP contribution in [-0.4, -0.2) is 16.2 Å². The van der Waals surface area contributed by atoms with Crippen LogP contribution in [-0.2, 0) is 0 Å². The van der Waals surface area contributed by atoms with Crippen molar-refractivity contribution in [2.24, 2.45) is 4.99 Å². The Bertz CT molecular complexity index is 687. The van der Waals surface area contributed by atoms with Crippen LogP contribution < -0.4 is 0 Å². The molecule has 21 heavy (non-hydrogen) atoms. The van der Waals surface area contributed by atoms with Gasteiger partial charge in [-0.1, -0.05) is 41.9 Å². The van der Waals surface area contributed by atoms with Crippen LogP contribution >= 0.6 is 11.6 Å². The van der Waals surface area contributed by atoms with E-state index < -0.39 is 16.4 Å². The van der Waals surface area contributed by atoms with E-state index in [0.717, 1.165) is 11.6 Å². The number of aliphatic imine (C=N–C) groups is 1. The van der Waals surface area contributed by atoms with Crippen LogP contribution in [0.15, 0.2) is 47.5 Å². The molecule has 0 saturated heterocycles. The normalized spacial score (nSPS) is 12.5. The number of rotatable bonds is 4. The predicted octanol–water partition coefficient (Wildman–Crippen LogP) is 4.13. The Morgan fingerprint density at radius 1 is 1.33 bits per heavy atom. The van der Waals surface area contributed by atoms with Crippen molar-refractivity contribution in [3.05, 3.63) is 68.7 Å². The first kappa shape index (κ1) is 15.0. The summed E-state index contributed by atoms with van der Waals surface area (Å²) in [7, 11) is 0. The van der Waals surface area contributed by atoms with Crippen molar-refractivity contribution >= 4 is 23.5 Å². The van der Waals surface area contributed by atoms with Crippen molar-refractivity contribution in [2.45, 2.75) is 13.0 Å². The average Bonchev–Trinajstić information content (AvgIpc) is 2.48. The summed E-state index contributed by atoms with van der Waals surface area (Å²) in [4.78, 5) is 14.4. The van der Waals surface area contributed by atoms with E-state index >= 15 is 0 Å². The summed E-state index contributed by atoms with van der Waals surface area (Å²) in [6.45, 7) is 1.89. The van der Waals surface area contributed by atoms with E-state index in [1.165, 1.54) is 12.3 Å². The van der Waals surface area contributed by atoms with Crippen LogP contribution in [0.25, 0.3) is 0 Å². The third-order valence-electron chi connectivity index (χ3n) is 3.00. The molecule has 1 N–H and O–H groups in total. The molecule has 0 spiro atoms. The Morgan fingerprint density at radius 2 is 2.00 bits per heavy atom. The topological polar surface area (TPSA) is 75.7 Å². The first-order valence-electron chi connectivity index (χ1n) is 6.24. The second-order valence-electron chi connectivity index (χ2n) is 4.48. The number of halogens is 1. The fourth-order valence-corrected chi connectivity index (χ4v) is 2.07. The molecule has 0 aliphatic rings. The zero-order valence-electron chi connectivity index (χ0n) is 11.2. The molecule has 2 aromatic carbocycles. The molecule has 108 valence electrons. The van der Waals surface area contributed by atoms with E-state index in [1.807, 2.05) is 37.3 Å². The number of aromatic hydroxyl groups is 1. The first-order valence-corrected chi connectivity index (χ1v) is 6.62. The van der Waals surface area contributed by atoms with Crippen molar-refractivity contribution in [2.75, 3.05) is 0 Å². The molecule has 0 saturated carbocycles. The molecule has 2 aromatic rings. The van der Waals surface area contributed by atoms with Gasteiger partial charge in [-0.15, -0.1) is 0 Å². The fraction of sp³-hybridized carbons (Fsp3) is 0.133. The van der Waals surface area contributed by atoms with Gasteiger partial charge in [-0.25, -0.2) is 0 Å². The number of hydrogen-bond acceptors (Lipinski definition) is 4. The van der Waals surface area contributed by atoms with Crippen LogP contribution in [0.1, 0.15) is 24.1 Å². The van der Waals surface area contributed by atoms with Gasteiger partial charge in [0.05, 0.1) is 11.0 Å². The molecular weight excluding hydrogens is 292 g/mol. The Kier molecular flexibility index (Phi) is 4.55. The average molecular weight is 305 g/mol. The number of phenolic OH excluding ortho intramolecular Hbond substituents is 1. The lowest BCUT2D eigenvalue weighted by atomic mass is 10.1. The molecule has 0 aliphatic heterocycles. The lowest BCUT2D eigenvalue weighted by Crippen LogP contribution is -1.94. The lowest BCUT2D eigenvalue weighted by Gasteiger charge is -2.06. The second-order valence-corrected chi connectivity index (χ2v) is 4.92. The zero-order chi connectivity index (χ0) is 15.4. The quantitative estimate of drug-likeness (QED) is 0.524. The van der Waals surface area contributed by atoms with Gasteiger partial charge in [0.15, 0.2) is 0 Å². The highest BCUT2D eigenvalue weighted by molar-refractivity contribution is 6.31. The fourth-order valence-electron chi connectivity index (χ4n) is 1.85. The van der Waals surface area contributed by atoms with E-state index in [9.17, 15) is 15.2 Å². The lowest BCUT2D eigenvalue weighted by molar-refractivity contribution is -0.385. The van der Waals surface area contributed by atoms with E-state index in [4.69, 9.17) is 11.6 Å². The molecule has 0 unspecified atom stereocenters. The second kappa shape index (κ2) is 6.37. The number of nitro groups is 1. The summed E-state index contributed by atoms with van der Waals surface area (Å²) in [5.74, 6) is -0.437. The highest BCUT2D eigenvalue weighted by Gasteiger charge is 2.17. The standard InChI is InChI=1S/C15H13ClN2O3/c1-10(11-5-3-2-4-6-11)17-9-12-7-13(16)8-14(15(12)19)18(20)21/h2-10,19H,1H3/t10-/m0/s1. The Morgan fingerprint density at radius 3 is 2.62 bits per heavy atom. The predicted molar refractivity (Wildman–Crippen MR) is 82.2 cm³/mol. The van der Waals surface area contributed by atoms with Crippen molar-refractivity contribution in [3.63, 3.8) is 0 Å². The Hall–Kier alpha value is -2.40. The molecular formula is C15H13ClN2O3. The molecule has 0 radical (unpaired) electrons. The minimum atomic E-state index is -0.681. The summed E-state index contributed by atoms with van der Waals surface area (Å²) in [5, 5.41) is 20.9. The van der Waals surface area contributed by atoms with Gasteiger partial charge in [0.1, 0.15) is 0 Å². The summed E-state index contributed by atoms with van der Waals surface area (Å²) in [6.07, 6.45) is 1.39. The summed E-state index contributed by atoms with van der Waals surface area (Å²) < 4.78 is 0. The van der Waals surface area contributed by atoms with Crippen molar-refractivity contribution in [1.29, 1.82) is 0 Å². The van der Waals surface area contributed by atoms with Crippen LogP contribution in [0.5, 0.6) is 5.75 Å². The molecule has 0 aliphatic carbocycles. The Balaban J connectivity index is 2.31. The van der Waals surface area contributed by atoms with Crippen molar-refractivity contribution < 1.29 is 10.0 Å². The third-order valence-corrected chi connectivity index (χ3v) is 3.22. The van der Waals surface area contributed by atoms with Gasteiger partial charge in [-0.3, -0.25) is 15.1 Å². The summed E-state index contributed by atoms with van der Waals surface area (Å²) >= 11 is 5.82. The van der Waals surface area contributed by atoms with Gasteiger partial charge in [0.25, 0.3) is 0 Å². The van der Waals surface area contributed by atoms with Crippen molar-refractivity contribution in [1.82, 2.24) is 0 Å². The maximum atomic E-state index is 10.8. The van der Waals surface area contributed by atoms with E-state index in [2.05, 4.69) is 4.99 Å². The molecule has 5 nitrogen and oxygen atoms in total. The molecule has 0 fully saturated rings. The molecule has 0 bridgehead atoms. The molecule has 6 heteroatoms.